The molecule has 0 unspecified atom stereocenters. The van der Waals surface area contributed by atoms with Gasteiger partial charge in [0.1, 0.15) is 0 Å². The Bertz CT molecular complexity index is 548. The smallest absolute Gasteiger partial charge is 0.318 e. The maximum Gasteiger partial charge on any atom is 0.318 e. The van der Waals surface area contributed by atoms with Crippen LogP contribution in [0.1, 0.15) is 19.4 Å². The second-order valence-corrected chi connectivity index (χ2v) is 5.44. The molecular formula is C12H15N3OS. The number of nitrogens with two attached hydrogens (primary N) is 1. The fourth-order valence-corrected chi connectivity index (χ4v) is 2.66. The van der Waals surface area contributed by atoms with Crippen molar-refractivity contribution in [3.8, 4) is 0 Å². The topological polar surface area (TPSA) is 68.0 Å². The summed E-state index contributed by atoms with van der Waals surface area (Å²) in [6.45, 7) is 4.38. The number of amides is 2. The highest BCUT2D eigenvalue weighted by Gasteiger charge is 2.06. The molecule has 3 N–H and O–H groups in total. The first-order valence-electron chi connectivity index (χ1n) is 5.50. The van der Waals surface area contributed by atoms with Gasteiger partial charge >= 0.3 is 6.03 Å². The predicted molar refractivity (Wildman–Crippen MR) is 71.4 cm³/mol. The van der Waals surface area contributed by atoms with Crippen LogP contribution in [0.2, 0.25) is 0 Å². The van der Waals surface area contributed by atoms with Gasteiger partial charge in [0.05, 0.1) is 10.2 Å². The predicted octanol–water partition coefficient (Wildman–Crippen LogP) is 2.99. The van der Waals surface area contributed by atoms with Crippen LogP contribution >= 0.6 is 11.3 Å². The van der Waals surface area contributed by atoms with Crippen molar-refractivity contribution in [2.24, 2.45) is 11.7 Å². The van der Waals surface area contributed by atoms with Gasteiger partial charge in [0.25, 0.3) is 0 Å². The van der Waals surface area contributed by atoms with Crippen molar-refractivity contribution in [3.05, 3.63) is 23.8 Å². The minimum Gasteiger partial charge on any atom is -0.351 e. The number of nitrogens with zero attached hydrogens (tertiary/aromatic N) is 1. The van der Waals surface area contributed by atoms with Gasteiger partial charge in [0, 0.05) is 0 Å². The van der Waals surface area contributed by atoms with Crippen molar-refractivity contribution in [2.45, 2.75) is 20.3 Å². The number of primary amides is 1. The summed E-state index contributed by atoms with van der Waals surface area (Å²) in [6.07, 6.45) is 1.05. The molecule has 0 atom stereocenters. The van der Waals surface area contributed by atoms with Gasteiger partial charge in [0.2, 0.25) is 0 Å². The zero-order valence-corrected chi connectivity index (χ0v) is 10.7. The summed E-state index contributed by atoms with van der Waals surface area (Å²) >= 11 is 1.44. The largest absolute Gasteiger partial charge is 0.351 e. The number of hydrogen-bond donors (Lipinski definition) is 2. The number of urea groups is 1. The molecule has 1 aromatic carbocycles. The molecule has 0 aliphatic heterocycles. The van der Waals surface area contributed by atoms with Gasteiger partial charge in [-0.25, -0.2) is 9.78 Å². The minimum atomic E-state index is -0.577. The quantitative estimate of drug-likeness (QED) is 0.878. The van der Waals surface area contributed by atoms with Gasteiger partial charge in [-0.3, -0.25) is 5.32 Å². The van der Waals surface area contributed by atoms with E-state index < -0.39 is 6.03 Å². The van der Waals surface area contributed by atoms with E-state index in [-0.39, 0.29) is 0 Å². The van der Waals surface area contributed by atoms with E-state index in [1.54, 1.807) is 0 Å². The van der Waals surface area contributed by atoms with Crippen LogP contribution in [0.4, 0.5) is 9.93 Å². The average Bonchev–Trinajstić information content (AvgIpc) is 2.56. The Morgan fingerprint density at radius 3 is 2.94 bits per heavy atom. The van der Waals surface area contributed by atoms with Crippen LogP contribution in [0.15, 0.2) is 18.2 Å². The van der Waals surface area contributed by atoms with Crippen LogP contribution < -0.4 is 11.1 Å². The molecule has 17 heavy (non-hydrogen) atoms. The number of fused-ring (bicyclic) bond motifs is 1. The van der Waals surface area contributed by atoms with Crippen molar-refractivity contribution in [1.29, 1.82) is 0 Å². The van der Waals surface area contributed by atoms with Crippen LogP contribution in [0.5, 0.6) is 0 Å². The summed E-state index contributed by atoms with van der Waals surface area (Å²) in [6, 6.07) is 5.61. The number of carbonyl (C=O) groups excluding carboxylic acids is 1. The van der Waals surface area contributed by atoms with E-state index in [1.165, 1.54) is 16.9 Å². The van der Waals surface area contributed by atoms with Gasteiger partial charge in [0.15, 0.2) is 5.13 Å². The lowest BCUT2D eigenvalue weighted by Crippen LogP contribution is -2.18. The first-order valence-corrected chi connectivity index (χ1v) is 6.32. The highest BCUT2D eigenvalue weighted by atomic mass is 32.1. The van der Waals surface area contributed by atoms with Crippen LogP contribution in [0.3, 0.4) is 0 Å². The number of aromatic nitrogens is 1. The molecule has 0 saturated heterocycles. The van der Waals surface area contributed by atoms with Crippen LogP contribution in [-0.2, 0) is 6.42 Å². The van der Waals surface area contributed by atoms with Crippen molar-refractivity contribution in [1.82, 2.24) is 4.98 Å². The Hall–Kier alpha value is -1.62. The lowest BCUT2D eigenvalue weighted by Gasteiger charge is -2.03. The van der Waals surface area contributed by atoms with Gasteiger partial charge < -0.3 is 5.73 Å². The van der Waals surface area contributed by atoms with Crippen molar-refractivity contribution in [3.63, 3.8) is 0 Å². The Morgan fingerprint density at radius 2 is 2.29 bits per heavy atom. The molecule has 0 fully saturated rings. The van der Waals surface area contributed by atoms with Crippen LogP contribution in [0.25, 0.3) is 10.2 Å². The van der Waals surface area contributed by atoms with E-state index in [9.17, 15) is 4.79 Å². The maximum atomic E-state index is 10.7. The van der Waals surface area contributed by atoms with Gasteiger partial charge in [-0.2, -0.15) is 0 Å². The fraction of sp³-hybridized carbons (Fsp3) is 0.333. The van der Waals surface area contributed by atoms with Crippen molar-refractivity contribution in [2.75, 3.05) is 5.32 Å². The summed E-state index contributed by atoms with van der Waals surface area (Å²) < 4.78 is 1.08. The van der Waals surface area contributed by atoms with E-state index in [1.807, 2.05) is 6.07 Å². The Labute approximate surface area is 104 Å². The summed E-state index contributed by atoms with van der Waals surface area (Å²) in [5.41, 5.74) is 7.25. The maximum absolute atomic E-state index is 10.7. The number of thiazole rings is 1. The Kier molecular flexibility index (Phi) is 3.28. The highest BCUT2D eigenvalue weighted by Crippen LogP contribution is 2.27. The zero-order valence-electron chi connectivity index (χ0n) is 9.86. The SMILES string of the molecule is CC(C)Cc1ccc2nc(NC(N)=O)sc2c1. The molecule has 0 aliphatic rings. The second kappa shape index (κ2) is 4.71. The third-order valence-corrected chi connectivity index (χ3v) is 3.26. The average molecular weight is 249 g/mol. The molecular weight excluding hydrogens is 234 g/mol. The third kappa shape index (κ3) is 2.94. The molecule has 5 heteroatoms. The Balaban J connectivity index is 2.30. The molecule has 2 rings (SSSR count). The molecule has 0 aliphatic carbocycles. The lowest BCUT2D eigenvalue weighted by atomic mass is 10.0. The number of anilines is 1. The minimum absolute atomic E-state index is 0.550. The molecule has 90 valence electrons. The molecule has 1 heterocycles. The number of hydrogen-bond acceptors (Lipinski definition) is 3. The lowest BCUT2D eigenvalue weighted by molar-refractivity contribution is 0.259. The third-order valence-electron chi connectivity index (χ3n) is 2.33. The number of rotatable bonds is 3. The summed E-state index contributed by atoms with van der Waals surface area (Å²) in [5, 5.41) is 3.05. The first-order chi connectivity index (χ1) is 8.04. The summed E-state index contributed by atoms with van der Waals surface area (Å²) in [5.74, 6) is 0.628. The van der Waals surface area contributed by atoms with Crippen LogP contribution in [-0.4, -0.2) is 11.0 Å². The summed E-state index contributed by atoms with van der Waals surface area (Å²) in [7, 11) is 0. The molecule has 2 aromatic rings. The molecule has 0 bridgehead atoms. The first kappa shape index (κ1) is 11.9. The molecule has 0 spiro atoms. The van der Waals surface area contributed by atoms with Gasteiger partial charge in [-0.15, -0.1) is 0 Å². The molecule has 4 nitrogen and oxygen atoms in total. The molecule has 1 aromatic heterocycles. The van der Waals surface area contributed by atoms with E-state index in [2.05, 4.69) is 36.3 Å². The molecule has 0 radical (unpaired) electrons. The Morgan fingerprint density at radius 1 is 1.53 bits per heavy atom. The molecule has 0 saturated carbocycles. The van der Waals surface area contributed by atoms with Gasteiger partial charge in [-0.1, -0.05) is 31.3 Å². The van der Waals surface area contributed by atoms with Crippen molar-refractivity contribution < 1.29 is 4.79 Å². The zero-order chi connectivity index (χ0) is 12.4. The van der Waals surface area contributed by atoms with E-state index in [0.717, 1.165) is 16.6 Å². The van der Waals surface area contributed by atoms with Gasteiger partial charge in [-0.05, 0) is 30.0 Å². The van der Waals surface area contributed by atoms with Crippen LogP contribution in [0, 0.1) is 5.92 Å². The van der Waals surface area contributed by atoms with E-state index in [4.69, 9.17) is 5.73 Å². The highest BCUT2D eigenvalue weighted by molar-refractivity contribution is 7.22. The normalized spacial score (nSPS) is 11.0. The number of carbonyl (C=O) groups is 1. The van der Waals surface area contributed by atoms with E-state index in [0.29, 0.717) is 11.0 Å². The second-order valence-electron chi connectivity index (χ2n) is 4.41. The van der Waals surface area contributed by atoms with Crippen molar-refractivity contribution >= 4 is 32.7 Å². The number of benzene rings is 1. The molecule has 2 amide bonds. The fourth-order valence-electron chi connectivity index (χ4n) is 1.73. The van der Waals surface area contributed by atoms with E-state index >= 15 is 0 Å². The summed E-state index contributed by atoms with van der Waals surface area (Å²) in [4.78, 5) is 15.0. The number of nitrogens with one attached hydrogen (secondary N) is 1. The monoisotopic (exact) mass is 249 g/mol. The standard InChI is InChI=1S/C12H15N3OS/c1-7(2)5-8-3-4-9-10(6-8)17-12(14-9)15-11(13)16/h3-4,6-7H,5H2,1-2H3,(H3,13,14,15,16).